The van der Waals surface area contributed by atoms with Crippen LogP contribution in [0.1, 0.15) is 37.8 Å². The summed E-state index contributed by atoms with van der Waals surface area (Å²) in [5.41, 5.74) is 3.15. The smallest absolute Gasteiger partial charge is 0.00980 e. The number of hydrogen-bond acceptors (Lipinski definition) is 1. The second-order valence-electron chi connectivity index (χ2n) is 5.80. The van der Waals surface area contributed by atoms with Crippen molar-refractivity contribution in [1.29, 1.82) is 0 Å². The molecule has 0 spiro atoms. The van der Waals surface area contributed by atoms with E-state index >= 15 is 0 Å². The zero-order valence-electron chi connectivity index (χ0n) is 11.4. The molecule has 0 heterocycles. The Hall–Kier alpha value is -0.820. The Balaban J connectivity index is 2.05. The van der Waals surface area contributed by atoms with E-state index in [-0.39, 0.29) is 0 Å². The van der Waals surface area contributed by atoms with Gasteiger partial charge in [0.1, 0.15) is 0 Å². The normalized spacial score (nSPS) is 21.3. The molecule has 17 heavy (non-hydrogen) atoms. The number of hydrogen-bond donors (Lipinski definition) is 1. The Kier molecular flexibility index (Phi) is 4.22. The van der Waals surface area contributed by atoms with E-state index in [2.05, 4.69) is 50.5 Å². The van der Waals surface area contributed by atoms with Gasteiger partial charge in [0.25, 0.3) is 0 Å². The van der Waals surface area contributed by atoms with E-state index in [1.807, 2.05) is 0 Å². The van der Waals surface area contributed by atoms with Crippen molar-refractivity contribution in [2.45, 2.75) is 45.6 Å². The van der Waals surface area contributed by atoms with Gasteiger partial charge in [-0.3, -0.25) is 0 Å². The van der Waals surface area contributed by atoms with Crippen molar-refractivity contribution < 1.29 is 0 Å². The van der Waals surface area contributed by atoms with Gasteiger partial charge in [-0.2, -0.15) is 0 Å². The molecule has 0 aromatic heterocycles. The lowest BCUT2D eigenvalue weighted by molar-refractivity contribution is 0.294. The monoisotopic (exact) mass is 231 g/mol. The summed E-state index contributed by atoms with van der Waals surface area (Å²) in [7, 11) is 2.12. The standard InChI is InChI=1S/C16H25N/c1-12(2)10-16(17-3)15-9-8-13-6-4-5-7-14(13)11-15/h4-7,12,15-17H,8-11H2,1-3H3. The summed E-state index contributed by atoms with van der Waals surface area (Å²) < 4.78 is 0. The van der Waals surface area contributed by atoms with Gasteiger partial charge in [0.05, 0.1) is 0 Å². The second-order valence-corrected chi connectivity index (χ2v) is 5.80. The minimum atomic E-state index is 0.684. The fraction of sp³-hybridized carbons (Fsp3) is 0.625. The molecule has 1 aromatic rings. The van der Waals surface area contributed by atoms with E-state index in [9.17, 15) is 0 Å². The van der Waals surface area contributed by atoms with Crippen LogP contribution < -0.4 is 5.32 Å². The van der Waals surface area contributed by atoms with Crippen molar-refractivity contribution in [3.8, 4) is 0 Å². The molecule has 2 atom stereocenters. The van der Waals surface area contributed by atoms with Gasteiger partial charge in [0.2, 0.25) is 0 Å². The van der Waals surface area contributed by atoms with Gasteiger partial charge in [-0.25, -0.2) is 0 Å². The molecule has 1 N–H and O–H groups in total. The molecule has 0 fully saturated rings. The average Bonchev–Trinajstić information content (AvgIpc) is 2.35. The Morgan fingerprint density at radius 2 is 1.94 bits per heavy atom. The van der Waals surface area contributed by atoms with Crippen LogP contribution in [0.5, 0.6) is 0 Å². The Morgan fingerprint density at radius 3 is 2.59 bits per heavy atom. The fourth-order valence-electron chi connectivity index (χ4n) is 3.12. The lowest BCUT2D eigenvalue weighted by Crippen LogP contribution is -2.37. The van der Waals surface area contributed by atoms with Crippen LogP contribution in [0.15, 0.2) is 24.3 Å². The van der Waals surface area contributed by atoms with Crippen LogP contribution in [0, 0.1) is 11.8 Å². The number of fused-ring (bicyclic) bond motifs is 1. The largest absolute Gasteiger partial charge is 0.317 e. The summed E-state index contributed by atoms with van der Waals surface area (Å²) in [4.78, 5) is 0. The molecule has 0 radical (unpaired) electrons. The van der Waals surface area contributed by atoms with Crippen molar-refractivity contribution >= 4 is 0 Å². The fourth-order valence-corrected chi connectivity index (χ4v) is 3.12. The first kappa shape index (κ1) is 12.6. The van der Waals surface area contributed by atoms with Gasteiger partial charge in [-0.15, -0.1) is 0 Å². The summed E-state index contributed by atoms with van der Waals surface area (Å²) in [6.07, 6.45) is 5.16. The summed E-state index contributed by atoms with van der Waals surface area (Å²) >= 11 is 0. The van der Waals surface area contributed by atoms with E-state index < -0.39 is 0 Å². The zero-order chi connectivity index (χ0) is 12.3. The van der Waals surface area contributed by atoms with Gasteiger partial charge in [0.15, 0.2) is 0 Å². The van der Waals surface area contributed by atoms with Crippen molar-refractivity contribution in [1.82, 2.24) is 5.32 Å². The second kappa shape index (κ2) is 5.68. The van der Waals surface area contributed by atoms with Crippen LogP contribution in [-0.2, 0) is 12.8 Å². The van der Waals surface area contributed by atoms with Gasteiger partial charge in [-0.05, 0) is 55.7 Å². The first-order valence-corrected chi connectivity index (χ1v) is 6.94. The molecule has 0 saturated carbocycles. The molecular formula is C16H25N. The first-order chi connectivity index (χ1) is 8.20. The summed E-state index contributed by atoms with van der Waals surface area (Å²) in [5.74, 6) is 1.60. The third-order valence-corrected chi connectivity index (χ3v) is 4.05. The van der Waals surface area contributed by atoms with Gasteiger partial charge in [-0.1, -0.05) is 38.1 Å². The molecule has 2 unspecified atom stereocenters. The predicted molar refractivity (Wildman–Crippen MR) is 74.3 cm³/mol. The maximum atomic E-state index is 3.53. The van der Waals surface area contributed by atoms with E-state index in [4.69, 9.17) is 0 Å². The topological polar surface area (TPSA) is 12.0 Å². The van der Waals surface area contributed by atoms with Crippen molar-refractivity contribution in [3.63, 3.8) is 0 Å². The van der Waals surface area contributed by atoms with E-state index in [1.54, 1.807) is 11.1 Å². The van der Waals surface area contributed by atoms with Crippen molar-refractivity contribution in [2.24, 2.45) is 11.8 Å². The third-order valence-electron chi connectivity index (χ3n) is 4.05. The molecule has 0 amide bonds. The van der Waals surface area contributed by atoms with Crippen LogP contribution in [-0.4, -0.2) is 13.1 Å². The number of rotatable bonds is 4. The summed E-state index contributed by atoms with van der Waals surface area (Å²) in [6.45, 7) is 4.64. The van der Waals surface area contributed by atoms with E-state index in [0.717, 1.165) is 11.8 Å². The number of nitrogens with one attached hydrogen (secondary N) is 1. The minimum Gasteiger partial charge on any atom is -0.317 e. The van der Waals surface area contributed by atoms with Gasteiger partial charge < -0.3 is 5.32 Å². The molecule has 1 nitrogen and oxygen atoms in total. The van der Waals surface area contributed by atoms with E-state index in [1.165, 1.54) is 25.7 Å². The van der Waals surface area contributed by atoms with Crippen LogP contribution >= 0.6 is 0 Å². The molecule has 2 rings (SSSR count). The molecule has 0 bridgehead atoms. The average molecular weight is 231 g/mol. The van der Waals surface area contributed by atoms with Crippen LogP contribution in [0.3, 0.4) is 0 Å². The molecular weight excluding hydrogens is 206 g/mol. The highest BCUT2D eigenvalue weighted by Gasteiger charge is 2.25. The predicted octanol–water partition coefficient (Wildman–Crippen LogP) is 3.43. The number of benzene rings is 1. The van der Waals surface area contributed by atoms with Crippen LogP contribution in [0.25, 0.3) is 0 Å². The number of aryl methyl sites for hydroxylation is 1. The Labute approximate surface area is 106 Å². The maximum Gasteiger partial charge on any atom is 0.00980 e. The summed E-state index contributed by atoms with van der Waals surface area (Å²) in [6, 6.07) is 9.63. The molecule has 0 saturated heterocycles. The molecule has 1 aromatic carbocycles. The van der Waals surface area contributed by atoms with E-state index in [0.29, 0.717) is 6.04 Å². The molecule has 1 aliphatic carbocycles. The highest BCUT2D eigenvalue weighted by molar-refractivity contribution is 5.30. The van der Waals surface area contributed by atoms with Crippen LogP contribution in [0.4, 0.5) is 0 Å². The molecule has 1 aliphatic rings. The highest BCUT2D eigenvalue weighted by Crippen LogP contribution is 2.29. The van der Waals surface area contributed by atoms with Gasteiger partial charge >= 0.3 is 0 Å². The maximum absolute atomic E-state index is 3.53. The molecule has 1 heteroatoms. The lowest BCUT2D eigenvalue weighted by Gasteiger charge is -2.32. The van der Waals surface area contributed by atoms with Crippen molar-refractivity contribution in [2.75, 3.05) is 7.05 Å². The Bertz CT molecular complexity index is 356. The SMILES string of the molecule is CNC(CC(C)C)C1CCc2ccccc2C1. The third kappa shape index (κ3) is 3.10. The lowest BCUT2D eigenvalue weighted by atomic mass is 9.78. The summed E-state index contributed by atoms with van der Waals surface area (Å²) in [5, 5.41) is 3.53. The highest BCUT2D eigenvalue weighted by atomic mass is 14.9. The van der Waals surface area contributed by atoms with Crippen molar-refractivity contribution in [3.05, 3.63) is 35.4 Å². The minimum absolute atomic E-state index is 0.684. The Morgan fingerprint density at radius 1 is 1.24 bits per heavy atom. The molecule has 94 valence electrons. The van der Waals surface area contributed by atoms with Crippen LogP contribution in [0.2, 0.25) is 0 Å². The quantitative estimate of drug-likeness (QED) is 0.837. The zero-order valence-corrected chi connectivity index (χ0v) is 11.4. The first-order valence-electron chi connectivity index (χ1n) is 6.94. The van der Waals surface area contributed by atoms with Gasteiger partial charge in [0, 0.05) is 6.04 Å². The molecule has 0 aliphatic heterocycles.